The van der Waals surface area contributed by atoms with E-state index >= 15 is 0 Å². The van der Waals surface area contributed by atoms with Gasteiger partial charge in [-0.2, -0.15) is 11.8 Å². The summed E-state index contributed by atoms with van der Waals surface area (Å²) in [6.45, 7) is 2.85. The molecule has 5 heteroatoms. The van der Waals surface area contributed by atoms with E-state index in [1.807, 2.05) is 30.8 Å². The Morgan fingerprint density at radius 1 is 1.45 bits per heavy atom. The summed E-state index contributed by atoms with van der Waals surface area (Å²) in [5, 5.41) is 6.94. The van der Waals surface area contributed by atoms with Crippen LogP contribution in [0.25, 0.3) is 0 Å². The monoisotopic (exact) mass is 293 g/mol. The number of carbonyl (C=O) groups excluding carboxylic acids is 1. The molecule has 1 aromatic heterocycles. The van der Waals surface area contributed by atoms with Crippen LogP contribution in [0.1, 0.15) is 43.0 Å². The van der Waals surface area contributed by atoms with Crippen molar-refractivity contribution in [1.82, 2.24) is 10.3 Å². The van der Waals surface area contributed by atoms with Crippen LogP contribution in [0.15, 0.2) is 18.3 Å². The third-order valence-corrected chi connectivity index (χ3v) is 4.77. The summed E-state index contributed by atoms with van der Waals surface area (Å²) in [6.07, 6.45) is 8.43. The molecule has 2 N–H and O–H groups in total. The predicted molar refractivity (Wildman–Crippen MR) is 85.4 cm³/mol. The van der Waals surface area contributed by atoms with Gasteiger partial charge in [-0.1, -0.05) is 6.42 Å². The second kappa shape index (κ2) is 7.53. The zero-order valence-corrected chi connectivity index (χ0v) is 13.0. The maximum Gasteiger partial charge on any atom is 0.253 e. The first-order valence-corrected chi connectivity index (χ1v) is 8.55. The van der Waals surface area contributed by atoms with Crippen molar-refractivity contribution in [3.8, 4) is 0 Å². The van der Waals surface area contributed by atoms with Gasteiger partial charge in [-0.05, 0) is 44.6 Å². The Morgan fingerprint density at radius 3 is 2.95 bits per heavy atom. The molecule has 0 radical (unpaired) electrons. The predicted octanol–water partition coefficient (Wildman–Crippen LogP) is 2.92. The summed E-state index contributed by atoms with van der Waals surface area (Å²) >= 11 is 1.91. The lowest BCUT2D eigenvalue weighted by atomic mass is 9.95. The standard InChI is InChI=1S/C15H23N3OS/c1-3-16-14-8-7-11(10-17-14)15(19)18-12-5-4-6-13(9-12)20-2/h7-8,10,12-13H,3-6,9H2,1-2H3,(H,16,17)(H,18,19). The molecule has 1 aromatic rings. The molecule has 1 fully saturated rings. The number of carbonyl (C=O) groups is 1. The van der Waals surface area contributed by atoms with Crippen molar-refractivity contribution >= 4 is 23.5 Å². The number of amides is 1. The largest absolute Gasteiger partial charge is 0.370 e. The summed E-state index contributed by atoms with van der Waals surface area (Å²) < 4.78 is 0. The van der Waals surface area contributed by atoms with Gasteiger partial charge in [0.2, 0.25) is 0 Å². The van der Waals surface area contributed by atoms with Crippen LogP contribution >= 0.6 is 11.8 Å². The Labute approximate surface area is 125 Å². The maximum absolute atomic E-state index is 12.2. The summed E-state index contributed by atoms with van der Waals surface area (Å²) in [7, 11) is 0. The van der Waals surface area contributed by atoms with Crippen molar-refractivity contribution in [2.45, 2.75) is 43.9 Å². The summed E-state index contributed by atoms with van der Waals surface area (Å²) in [5.41, 5.74) is 0.637. The Morgan fingerprint density at radius 2 is 2.30 bits per heavy atom. The molecule has 2 atom stereocenters. The average molecular weight is 293 g/mol. The van der Waals surface area contributed by atoms with Gasteiger partial charge in [0.25, 0.3) is 5.91 Å². The van der Waals surface area contributed by atoms with Crippen LogP contribution in [0.3, 0.4) is 0 Å². The normalized spacial score (nSPS) is 22.3. The van der Waals surface area contributed by atoms with Gasteiger partial charge in [-0.25, -0.2) is 4.98 Å². The lowest BCUT2D eigenvalue weighted by Crippen LogP contribution is -2.39. The van der Waals surface area contributed by atoms with E-state index < -0.39 is 0 Å². The number of anilines is 1. The summed E-state index contributed by atoms with van der Waals surface area (Å²) in [4.78, 5) is 16.4. The van der Waals surface area contributed by atoms with E-state index in [9.17, 15) is 4.79 Å². The molecule has 2 unspecified atom stereocenters. The van der Waals surface area contributed by atoms with Crippen LogP contribution in [-0.2, 0) is 0 Å². The number of thioether (sulfide) groups is 1. The highest BCUT2D eigenvalue weighted by Crippen LogP contribution is 2.27. The fourth-order valence-corrected chi connectivity index (χ4v) is 3.40. The molecular weight excluding hydrogens is 270 g/mol. The highest BCUT2D eigenvalue weighted by atomic mass is 32.2. The number of hydrogen-bond donors (Lipinski definition) is 2. The van der Waals surface area contributed by atoms with Gasteiger partial charge in [-0.3, -0.25) is 4.79 Å². The Balaban J connectivity index is 1.90. The minimum atomic E-state index is -0.00713. The van der Waals surface area contributed by atoms with Crippen molar-refractivity contribution in [2.24, 2.45) is 0 Å². The number of nitrogens with one attached hydrogen (secondary N) is 2. The molecule has 0 spiro atoms. The highest BCUT2D eigenvalue weighted by molar-refractivity contribution is 7.99. The third kappa shape index (κ3) is 4.13. The van der Waals surface area contributed by atoms with Crippen molar-refractivity contribution in [1.29, 1.82) is 0 Å². The molecule has 1 aliphatic carbocycles. The highest BCUT2D eigenvalue weighted by Gasteiger charge is 2.22. The first kappa shape index (κ1) is 15.2. The van der Waals surface area contributed by atoms with Crippen molar-refractivity contribution in [3.05, 3.63) is 23.9 Å². The van der Waals surface area contributed by atoms with Crippen molar-refractivity contribution in [3.63, 3.8) is 0 Å². The lowest BCUT2D eigenvalue weighted by molar-refractivity contribution is 0.0928. The fourth-order valence-electron chi connectivity index (χ4n) is 2.57. The van der Waals surface area contributed by atoms with E-state index in [1.165, 1.54) is 12.8 Å². The van der Waals surface area contributed by atoms with Crippen LogP contribution in [0.4, 0.5) is 5.82 Å². The Kier molecular flexibility index (Phi) is 5.71. The minimum Gasteiger partial charge on any atom is -0.370 e. The Bertz CT molecular complexity index is 435. The number of pyridine rings is 1. The zero-order valence-electron chi connectivity index (χ0n) is 12.2. The van der Waals surface area contributed by atoms with Gasteiger partial charge < -0.3 is 10.6 Å². The second-order valence-corrected chi connectivity index (χ2v) is 6.30. The Hall–Kier alpha value is -1.23. The zero-order chi connectivity index (χ0) is 14.4. The van der Waals surface area contributed by atoms with Crippen LogP contribution in [0, 0.1) is 0 Å². The SMILES string of the molecule is CCNc1ccc(C(=O)NC2CCCC(SC)C2)cn1. The van der Waals surface area contributed by atoms with E-state index in [1.54, 1.807) is 6.20 Å². The smallest absolute Gasteiger partial charge is 0.253 e. The van der Waals surface area contributed by atoms with Gasteiger partial charge in [-0.15, -0.1) is 0 Å². The molecule has 0 bridgehead atoms. The molecule has 2 rings (SSSR count). The van der Waals surface area contributed by atoms with Crippen LogP contribution in [0.5, 0.6) is 0 Å². The molecule has 1 saturated carbocycles. The van der Waals surface area contributed by atoms with Crippen LogP contribution in [-0.4, -0.2) is 35.0 Å². The molecule has 0 aromatic carbocycles. The molecule has 0 saturated heterocycles. The first-order chi connectivity index (χ1) is 9.72. The average Bonchev–Trinajstić information content (AvgIpc) is 2.48. The number of hydrogen-bond acceptors (Lipinski definition) is 4. The second-order valence-electron chi connectivity index (χ2n) is 5.16. The van der Waals surface area contributed by atoms with Gasteiger partial charge in [0, 0.05) is 24.0 Å². The fraction of sp³-hybridized carbons (Fsp3) is 0.600. The lowest BCUT2D eigenvalue weighted by Gasteiger charge is -2.28. The molecule has 4 nitrogen and oxygen atoms in total. The van der Waals surface area contributed by atoms with E-state index in [4.69, 9.17) is 0 Å². The van der Waals surface area contributed by atoms with E-state index in [-0.39, 0.29) is 5.91 Å². The van der Waals surface area contributed by atoms with Gasteiger partial charge in [0.05, 0.1) is 5.56 Å². The molecule has 1 amide bonds. The first-order valence-electron chi connectivity index (χ1n) is 7.26. The molecule has 20 heavy (non-hydrogen) atoms. The van der Waals surface area contributed by atoms with Gasteiger partial charge in [0.15, 0.2) is 0 Å². The minimum absolute atomic E-state index is 0.00713. The molecule has 1 heterocycles. The van der Waals surface area contributed by atoms with E-state index in [2.05, 4.69) is 21.9 Å². The van der Waals surface area contributed by atoms with Gasteiger partial charge in [0.1, 0.15) is 5.82 Å². The quantitative estimate of drug-likeness (QED) is 0.876. The van der Waals surface area contributed by atoms with Crippen LogP contribution in [0.2, 0.25) is 0 Å². The van der Waals surface area contributed by atoms with E-state index in [0.29, 0.717) is 16.9 Å². The number of aromatic nitrogens is 1. The summed E-state index contributed by atoms with van der Waals surface area (Å²) in [6, 6.07) is 3.99. The van der Waals surface area contributed by atoms with Crippen molar-refractivity contribution in [2.75, 3.05) is 18.1 Å². The molecule has 110 valence electrons. The van der Waals surface area contributed by atoms with Crippen molar-refractivity contribution < 1.29 is 4.79 Å². The molecule has 0 aliphatic heterocycles. The summed E-state index contributed by atoms with van der Waals surface area (Å²) in [5.74, 6) is 0.802. The third-order valence-electron chi connectivity index (χ3n) is 3.68. The molecule has 1 aliphatic rings. The van der Waals surface area contributed by atoms with E-state index in [0.717, 1.165) is 25.2 Å². The molecular formula is C15H23N3OS. The topological polar surface area (TPSA) is 54.0 Å². The number of nitrogens with zero attached hydrogens (tertiary/aromatic N) is 1. The maximum atomic E-state index is 12.2. The van der Waals surface area contributed by atoms with Gasteiger partial charge >= 0.3 is 0 Å². The number of rotatable bonds is 5. The van der Waals surface area contributed by atoms with Crippen LogP contribution < -0.4 is 10.6 Å².